The molecule has 2 fully saturated rings. The minimum absolute atomic E-state index is 0.0103. The van der Waals surface area contributed by atoms with Gasteiger partial charge in [0.2, 0.25) is 0 Å². The van der Waals surface area contributed by atoms with E-state index in [1.54, 1.807) is 4.90 Å². The first-order valence-corrected chi connectivity index (χ1v) is 14.9. The number of carbonyl (C=O) groups is 2. The van der Waals surface area contributed by atoms with Crippen LogP contribution in [0.25, 0.3) is 11.1 Å². The van der Waals surface area contributed by atoms with Crippen LogP contribution in [0.1, 0.15) is 24.8 Å². The van der Waals surface area contributed by atoms with Crippen LogP contribution < -0.4 is 5.32 Å². The molecule has 1 N–H and O–H groups in total. The number of amides is 4. The van der Waals surface area contributed by atoms with Crippen molar-refractivity contribution >= 4 is 29.4 Å². The van der Waals surface area contributed by atoms with Crippen LogP contribution in [0, 0.1) is 0 Å². The van der Waals surface area contributed by atoms with Crippen molar-refractivity contribution in [1.29, 1.82) is 0 Å². The number of benzene rings is 3. The zero-order valence-electron chi connectivity index (χ0n) is 24.0. The van der Waals surface area contributed by atoms with E-state index >= 15 is 0 Å². The highest BCUT2D eigenvalue weighted by molar-refractivity contribution is 6.30. The number of nitrogens with zero attached hydrogens (tertiary/aromatic N) is 4. The highest BCUT2D eigenvalue weighted by Crippen LogP contribution is 2.23. The summed E-state index contributed by atoms with van der Waals surface area (Å²) in [4.78, 5) is 34.3. The predicted molar refractivity (Wildman–Crippen MR) is 166 cm³/mol. The van der Waals surface area contributed by atoms with Gasteiger partial charge in [0.15, 0.2) is 0 Å². The highest BCUT2D eigenvalue weighted by atomic mass is 35.5. The molecule has 0 aromatic heterocycles. The van der Waals surface area contributed by atoms with E-state index in [9.17, 15) is 9.59 Å². The molecule has 0 bridgehead atoms. The molecule has 7 nitrogen and oxygen atoms in total. The standard InChI is InChI=1S/C33H40ClN5O2/c1-36(32(40)35-29-16-12-27(13-17-29)26-8-4-3-5-9-26)31-19-22-39(24-31)33(41)37(2)30-18-21-38(23-30)20-6-7-25-10-14-28(34)15-11-25/h3-5,8-17,30-31H,6-7,18-24H2,1-2H3,(H,35,40). The van der Waals surface area contributed by atoms with Crippen molar-refractivity contribution in [3.63, 3.8) is 0 Å². The Bertz CT molecular complexity index is 1300. The summed E-state index contributed by atoms with van der Waals surface area (Å²) >= 11 is 5.99. The number of aryl methyl sites for hydroxylation is 1. The second kappa shape index (κ2) is 13.4. The van der Waals surface area contributed by atoms with Crippen LogP contribution in [-0.4, -0.2) is 90.6 Å². The monoisotopic (exact) mass is 573 g/mol. The van der Waals surface area contributed by atoms with E-state index in [-0.39, 0.29) is 24.1 Å². The molecule has 2 heterocycles. The molecule has 2 aliphatic heterocycles. The van der Waals surface area contributed by atoms with Gasteiger partial charge >= 0.3 is 12.1 Å². The molecule has 4 amide bonds. The fourth-order valence-corrected chi connectivity index (χ4v) is 5.98. The molecule has 0 radical (unpaired) electrons. The summed E-state index contributed by atoms with van der Waals surface area (Å²) in [5.74, 6) is 0. The SMILES string of the molecule is CN(C(=O)Nc1ccc(-c2ccccc2)cc1)C1CCN(C(=O)N(C)C2CCN(CCCc3ccc(Cl)cc3)C2)C1. The van der Waals surface area contributed by atoms with Crippen LogP contribution in [0.3, 0.4) is 0 Å². The zero-order valence-corrected chi connectivity index (χ0v) is 24.8. The number of hydrogen-bond acceptors (Lipinski definition) is 3. The van der Waals surface area contributed by atoms with Crippen LogP contribution in [-0.2, 0) is 6.42 Å². The van der Waals surface area contributed by atoms with Crippen molar-refractivity contribution in [3.05, 3.63) is 89.4 Å². The fraction of sp³-hybridized carbons (Fsp3) is 0.394. The number of likely N-dealkylation sites (tertiary alicyclic amines) is 2. The number of anilines is 1. The lowest BCUT2D eigenvalue weighted by Crippen LogP contribution is -2.48. The van der Waals surface area contributed by atoms with Gasteiger partial charge in [-0.1, -0.05) is 66.2 Å². The summed E-state index contributed by atoms with van der Waals surface area (Å²) in [5, 5.41) is 3.78. The number of nitrogens with one attached hydrogen (secondary N) is 1. The topological polar surface area (TPSA) is 59.1 Å². The van der Waals surface area contributed by atoms with Crippen LogP contribution in [0.4, 0.5) is 15.3 Å². The van der Waals surface area contributed by atoms with Gasteiger partial charge in [-0.05, 0) is 73.2 Å². The molecular formula is C33H40ClN5O2. The van der Waals surface area contributed by atoms with Gasteiger partial charge in [-0.2, -0.15) is 0 Å². The Morgan fingerprint density at radius 2 is 1.49 bits per heavy atom. The largest absolute Gasteiger partial charge is 0.323 e. The molecule has 2 atom stereocenters. The molecular weight excluding hydrogens is 534 g/mol. The van der Waals surface area contributed by atoms with E-state index in [2.05, 4.69) is 34.5 Å². The van der Waals surface area contributed by atoms with Gasteiger partial charge in [0.1, 0.15) is 0 Å². The van der Waals surface area contributed by atoms with E-state index in [0.29, 0.717) is 13.1 Å². The lowest BCUT2D eigenvalue weighted by molar-refractivity contribution is 0.151. The third kappa shape index (κ3) is 7.40. The van der Waals surface area contributed by atoms with Gasteiger partial charge in [-0.25, -0.2) is 9.59 Å². The first-order valence-electron chi connectivity index (χ1n) is 14.5. The molecule has 3 aromatic rings. The second-order valence-corrected chi connectivity index (χ2v) is 11.7. The smallest absolute Gasteiger partial charge is 0.321 e. The van der Waals surface area contributed by atoms with Crippen LogP contribution >= 0.6 is 11.6 Å². The van der Waals surface area contributed by atoms with Crippen LogP contribution in [0.2, 0.25) is 5.02 Å². The van der Waals surface area contributed by atoms with E-state index in [0.717, 1.165) is 67.2 Å². The van der Waals surface area contributed by atoms with E-state index in [4.69, 9.17) is 11.6 Å². The Balaban J connectivity index is 1.05. The Labute approximate surface area is 248 Å². The lowest BCUT2D eigenvalue weighted by Gasteiger charge is -2.30. The Kier molecular flexibility index (Phi) is 9.47. The number of likely N-dealkylation sites (N-methyl/N-ethyl adjacent to an activating group) is 2. The van der Waals surface area contributed by atoms with Gasteiger partial charge in [-0.3, -0.25) is 0 Å². The maximum Gasteiger partial charge on any atom is 0.321 e. The Morgan fingerprint density at radius 1 is 0.829 bits per heavy atom. The maximum atomic E-state index is 13.3. The van der Waals surface area contributed by atoms with Crippen molar-refractivity contribution in [2.75, 3.05) is 52.1 Å². The summed E-state index contributed by atoms with van der Waals surface area (Å²) in [7, 11) is 3.74. The van der Waals surface area contributed by atoms with Crippen molar-refractivity contribution in [1.82, 2.24) is 19.6 Å². The van der Waals surface area contributed by atoms with E-state index in [1.807, 2.05) is 78.5 Å². The number of carbonyl (C=O) groups excluding carboxylic acids is 2. The first-order chi connectivity index (χ1) is 19.9. The molecule has 2 unspecified atom stereocenters. The molecule has 41 heavy (non-hydrogen) atoms. The fourth-order valence-electron chi connectivity index (χ4n) is 5.85. The third-order valence-electron chi connectivity index (χ3n) is 8.50. The number of urea groups is 2. The Morgan fingerprint density at radius 3 is 2.22 bits per heavy atom. The van der Waals surface area contributed by atoms with Crippen molar-refractivity contribution in [2.24, 2.45) is 0 Å². The van der Waals surface area contributed by atoms with Crippen molar-refractivity contribution < 1.29 is 9.59 Å². The van der Waals surface area contributed by atoms with Crippen molar-refractivity contribution in [3.8, 4) is 11.1 Å². The van der Waals surface area contributed by atoms with Gasteiger partial charge < -0.3 is 24.9 Å². The molecule has 0 saturated carbocycles. The zero-order chi connectivity index (χ0) is 28.8. The number of halogens is 1. The molecule has 5 rings (SSSR count). The normalized spacial score (nSPS) is 18.9. The average molecular weight is 574 g/mol. The van der Waals surface area contributed by atoms with Crippen molar-refractivity contribution in [2.45, 2.75) is 37.8 Å². The number of rotatable bonds is 8. The molecule has 8 heteroatoms. The summed E-state index contributed by atoms with van der Waals surface area (Å²) in [6.07, 6.45) is 3.89. The van der Waals surface area contributed by atoms with Gasteiger partial charge in [0.05, 0.1) is 6.04 Å². The molecule has 3 aromatic carbocycles. The number of hydrogen-bond donors (Lipinski definition) is 1. The second-order valence-electron chi connectivity index (χ2n) is 11.2. The summed E-state index contributed by atoms with van der Waals surface area (Å²) in [6.45, 7) is 4.17. The lowest BCUT2D eigenvalue weighted by atomic mass is 10.1. The highest BCUT2D eigenvalue weighted by Gasteiger charge is 2.35. The summed E-state index contributed by atoms with van der Waals surface area (Å²) in [6, 6.07) is 26.2. The maximum absolute atomic E-state index is 13.3. The minimum Gasteiger partial charge on any atom is -0.323 e. The van der Waals surface area contributed by atoms with Crippen LogP contribution in [0.5, 0.6) is 0 Å². The molecule has 2 aliphatic rings. The molecule has 0 spiro atoms. The quantitative estimate of drug-likeness (QED) is 0.344. The summed E-state index contributed by atoms with van der Waals surface area (Å²) in [5.41, 5.74) is 4.31. The van der Waals surface area contributed by atoms with E-state index in [1.165, 1.54) is 5.56 Å². The van der Waals surface area contributed by atoms with Crippen LogP contribution in [0.15, 0.2) is 78.9 Å². The summed E-state index contributed by atoms with van der Waals surface area (Å²) < 4.78 is 0. The molecule has 2 saturated heterocycles. The average Bonchev–Trinajstić information content (AvgIpc) is 3.69. The predicted octanol–water partition coefficient (Wildman–Crippen LogP) is 6.30. The van der Waals surface area contributed by atoms with Gasteiger partial charge in [0, 0.05) is 57.0 Å². The first kappa shape index (κ1) is 29.0. The van der Waals surface area contributed by atoms with Gasteiger partial charge in [-0.15, -0.1) is 0 Å². The minimum atomic E-state index is -0.157. The van der Waals surface area contributed by atoms with Gasteiger partial charge in [0.25, 0.3) is 0 Å². The van der Waals surface area contributed by atoms with E-state index < -0.39 is 0 Å². The molecule has 0 aliphatic carbocycles. The third-order valence-corrected chi connectivity index (χ3v) is 8.75. The Hall–Kier alpha value is -3.55. The molecule has 216 valence electrons.